The Kier molecular flexibility index (Phi) is 3.05. The van der Waals surface area contributed by atoms with Gasteiger partial charge in [-0.05, 0) is 28.7 Å². The van der Waals surface area contributed by atoms with Crippen molar-refractivity contribution in [3.05, 3.63) is 70.8 Å². The first-order valence-electron chi connectivity index (χ1n) is 6.43. The van der Waals surface area contributed by atoms with Crippen LogP contribution in [0.2, 0.25) is 0 Å². The van der Waals surface area contributed by atoms with Gasteiger partial charge in [-0.3, -0.25) is 4.79 Å². The third-order valence-corrected chi connectivity index (χ3v) is 3.46. The fourth-order valence-electron chi connectivity index (χ4n) is 2.51. The van der Waals surface area contributed by atoms with E-state index < -0.39 is 0 Å². The molecule has 0 fully saturated rings. The largest absolute Gasteiger partial charge is 0.337 e. The zero-order chi connectivity index (χ0) is 13.2. The molecular formula is C16H16N2O. The van der Waals surface area contributed by atoms with Crippen LogP contribution in [-0.4, -0.2) is 5.91 Å². The lowest BCUT2D eigenvalue weighted by molar-refractivity contribution is -0.121. The van der Waals surface area contributed by atoms with Crippen molar-refractivity contribution in [1.82, 2.24) is 5.32 Å². The molecule has 3 rings (SSSR count). The van der Waals surface area contributed by atoms with Gasteiger partial charge >= 0.3 is 0 Å². The minimum Gasteiger partial charge on any atom is -0.337 e. The monoisotopic (exact) mass is 252 g/mol. The zero-order valence-electron chi connectivity index (χ0n) is 10.6. The van der Waals surface area contributed by atoms with Crippen LogP contribution in [0.4, 0.5) is 0 Å². The molecule has 0 saturated heterocycles. The highest BCUT2D eigenvalue weighted by molar-refractivity contribution is 5.81. The lowest BCUT2D eigenvalue weighted by Crippen LogP contribution is -2.39. The molecule has 0 bridgehead atoms. The minimum atomic E-state index is -0.382. The predicted molar refractivity (Wildman–Crippen MR) is 74.5 cm³/mol. The summed E-state index contributed by atoms with van der Waals surface area (Å²) in [6.07, 6.45) is 0.927. The molecule has 3 heteroatoms. The normalized spacial score (nSPS) is 17.7. The lowest BCUT2D eigenvalue weighted by Gasteiger charge is -2.24. The highest BCUT2D eigenvalue weighted by Gasteiger charge is 2.21. The molecule has 1 heterocycles. The molecule has 2 aromatic rings. The Morgan fingerprint density at radius 2 is 1.89 bits per heavy atom. The summed E-state index contributed by atoms with van der Waals surface area (Å²) >= 11 is 0. The first-order valence-corrected chi connectivity index (χ1v) is 6.43. The quantitative estimate of drug-likeness (QED) is 0.857. The average Bonchev–Trinajstić information content (AvgIpc) is 2.40. The molecular weight excluding hydrogens is 236 g/mol. The number of rotatable bonds is 2. The molecule has 1 atom stereocenters. The second kappa shape index (κ2) is 4.86. The van der Waals surface area contributed by atoms with E-state index in [4.69, 9.17) is 5.73 Å². The Balaban J connectivity index is 1.89. The fourth-order valence-corrected chi connectivity index (χ4v) is 2.51. The highest BCUT2D eigenvalue weighted by atomic mass is 16.1. The molecule has 1 aliphatic heterocycles. The van der Waals surface area contributed by atoms with Crippen LogP contribution in [0.3, 0.4) is 0 Å². The molecule has 1 aliphatic rings. The van der Waals surface area contributed by atoms with Gasteiger partial charge < -0.3 is 11.1 Å². The van der Waals surface area contributed by atoms with Gasteiger partial charge in [-0.25, -0.2) is 0 Å². The smallest absolute Gasteiger partial charge is 0.225 e. The molecule has 1 unspecified atom stereocenters. The number of nitrogens with one attached hydrogen (secondary N) is 1. The van der Waals surface area contributed by atoms with E-state index in [-0.39, 0.29) is 12.1 Å². The van der Waals surface area contributed by atoms with Gasteiger partial charge in [0.05, 0.1) is 6.42 Å². The van der Waals surface area contributed by atoms with E-state index in [0.717, 1.165) is 17.5 Å². The summed E-state index contributed by atoms with van der Waals surface area (Å²) in [6, 6.07) is 16.5. The van der Waals surface area contributed by atoms with Crippen molar-refractivity contribution in [2.24, 2.45) is 5.73 Å². The van der Waals surface area contributed by atoms with E-state index >= 15 is 0 Å². The van der Waals surface area contributed by atoms with E-state index in [1.807, 2.05) is 24.3 Å². The van der Waals surface area contributed by atoms with E-state index in [1.165, 1.54) is 11.1 Å². The van der Waals surface area contributed by atoms with Crippen LogP contribution < -0.4 is 11.1 Å². The van der Waals surface area contributed by atoms with Crippen molar-refractivity contribution in [3.63, 3.8) is 0 Å². The summed E-state index contributed by atoms with van der Waals surface area (Å²) in [5, 5.41) is 2.77. The van der Waals surface area contributed by atoms with Crippen LogP contribution in [-0.2, 0) is 17.6 Å². The SMILES string of the molecule is NC1NC(=O)Cc2ccc(Cc3ccccc3)cc21. The topological polar surface area (TPSA) is 55.1 Å². The number of nitrogens with two attached hydrogens (primary N) is 1. The van der Waals surface area contributed by atoms with Crippen LogP contribution >= 0.6 is 0 Å². The van der Waals surface area contributed by atoms with Crippen molar-refractivity contribution in [1.29, 1.82) is 0 Å². The summed E-state index contributed by atoms with van der Waals surface area (Å²) in [7, 11) is 0. The minimum absolute atomic E-state index is 0.00388. The summed E-state index contributed by atoms with van der Waals surface area (Å²) < 4.78 is 0. The second-order valence-electron chi connectivity index (χ2n) is 4.92. The van der Waals surface area contributed by atoms with Gasteiger partial charge in [-0.2, -0.15) is 0 Å². The first-order chi connectivity index (χ1) is 9.22. The van der Waals surface area contributed by atoms with E-state index in [2.05, 4.69) is 29.6 Å². The van der Waals surface area contributed by atoms with E-state index in [0.29, 0.717) is 6.42 Å². The molecule has 0 aromatic heterocycles. The van der Waals surface area contributed by atoms with Gasteiger partial charge in [0.2, 0.25) is 5.91 Å². The van der Waals surface area contributed by atoms with Crippen molar-refractivity contribution >= 4 is 5.91 Å². The van der Waals surface area contributed by atoms with Crippen LogP contribution in [0.15, 0.2) is 48.5 Å². The average molecular weight is 252 g/mol. The highest BCUT2D eigenvalue weighted by Crippen LogP contribution is 2.22. The third kappa shape index (κ3) is 2.51. The second-order valence-corrected chi connectivity index (χ2v) is 4.92. The van der Waals surface area contributed by atoms with Gasteiger partial charge in [-0.1, -0.05) is 48.5 Å². The molecule has 3 nitrogen and oxygen atoms in total. The number of carbonyl (C=O) groups is 1. The fraction of sp³-hybridized carbons (Fsp3) is 0.188. The Labute approximate surface area is 112 Å². The van der Waals surface area contributed by atoms with E-state index in [9.17, 15) is 4.79 Å². The van der Waals surface area contributed by atoms with Gasteiger partial charge in [0.15, 0.2) is 0 Å². The molecule has 0 radical (unpaired) electrons. The lowest BCUT2D eigenvalue weighted by atomic mass is 9.94. The maximum Gasteiger partial charge on any atom is 0.225 e. The summed E-state index contributed by atoms with van der Waals surface area (Å²) in [4.78, 5) is 11.4. The molecule has 1 amide bonds. The standard InChI is InChI=1S/C16H16N2O/c17-16-14-9-12(8-11-4-2-1-3-5-11)6-7-13(14)10-15(19)18-16/h1-7,9,16H,8,10,17H2,(H,18,19). The Hall–Kier alpha value is -2.13. The Morgan fingerprint density at radius 1 is 1.11 bits per heavy atom. The Bertz CT molecular complexity index is 607. The molecule has 96 valence electrons. The number of benzene rings is 2. The molecule has 3 N–H and O–H groups in total. The molecule has 2 aromatic carbocycles. The zero-order valence-corrected chi connectivity index (χ0v) is 10.6. The van der Waals surface area contributed by atoms with Gasteiger partial charge in [0.1, 0.15) is 6.17 Å². The van der Waals surface area contributed by atoms with Crippen molar-refractivity contribution in [2.75, 3.05) is 0 Å². The Morgan fingerprint density at radius 3 is 2.68 bits per heavy atom. The number of hydrogen-bond acceptors (Lipinski definition) is 2. The van der Waals surface area contributed by atoms with Gasteiger partial charge in [0, 0.05) is 0 Å². The predicted octanol–water partition coefficient (Wildman–Crippen LogP) is 1.91. The summed E-state index contributed by atoms with van der Waals surface area (Å²) in [6.45, 7) is 0. The van der Waals surface area contributed by atoms with E-state index in [1.54, 1.807) is 0 Å². The molecule has 0 saturated carbocycles. The van der Waals surface area contributed by atoms with Crippen LogP contribution in [0.25, 0.3) is 0 Å². The van der Waals surface area contributed by atoms with Gasteiger partial charge in [-0.15, -0.1) is 0 Å². The van der Waals surface area contributed by atoms with Crippen LogP contribution in [0, 0.1) is 0 Å². The maximum atomic E-state index is 11.4. The summed E-state index contributed by atoms with van der Waals surface area (Å²) in [5.41, 5.74) is 10.5. The molecule has 0 aliphatic carbocycles. The van der Waals surface area contributed by atoms with Gasteiger partial charge in [0.25, 0.3) is 0 Å². The third-order valence-electron chi connectivity index (χ3n) is 3.46. The van der Waals surface area contributed by atoms with Crippen molar-refractivity contribution in [2.45, 2.75) is 19.0 Å². The molecule has 0 spiro atoms. The van der Waals surface area contributed by atoms with Crippen LogP contribution in [0.5, 0.6) is 0 Å². The molecule has 19 heavy (non-hydrogen) atoms. The number of hydrogen-bond donors (Lipinski definition) is 2. The maximum absolute atomic E-state index is 11.4. The van der Waals surface area contributed by atoms with Crippen molar-refractivity contribution < 1.29 is 4.79 Å². The number of fused-ring (bicyclic) bond motifs is 1. The number of carbonyl (C=O) groups excluding carboxylic acids is 1. The first kappa shape index (κ1) is 11.9. The van der Waals surface area contributed by atoms with Crippen LogP contribution in [0.1, 0.15) is 28.4 Å². The number of amides is 1. The van der Waals surface area contributed by atoms with Crippen molar-refractivity contribution in [3.8, 4) is 0 Å². The summed E-state index contributed by atoms with van der Waals surface area (Å²) in [5.74, 6) is -0.00388.